The molecule has 0 aromatic rings. The summed E-state index contributed by atoms with van der Waals surface area (Å²) in [5, 5.41) is 0. The van der Waals surface area contributed by atoms with Gasteiger partial charge in [-0.1, -0.05) is 0 Å². The second-order valence-electron chi connectivity index (χ2n) is 0.480. The standard InChI is InChI=1S/2ClH.2Na.H2O4S.Pb/c;;;;1-5(2,3)4;/h2*1H;;;(H2,1,2,3,4);/q;;2*+1;;+2/p-4. The Morgan fingerprint density at radius 3 is 1.10 bits per heavy atom. The summed E-state index contributed by atoms with van der Waals surface area (Å²) in [4.78, 5) is 0. The minimum absolute atomic E-state index is 0. The molecule has 4 nitrogen and oxygen atoms in total. The van der Waals surface area contributed by atoms with Gasteiger partial charge >= 0.3 is 97.5 Å². The molecule has 0 bridgehead atoms. The van der Waals surface area contributed by atoms with Crippen molar-refractivity contribution in [1.29, 1.82) is 0 Å². The Kier molecular flexibility index (Phi) is 34.7. The van der Waals surface area contributed by atoms with Crippen molar-refractivity contribution in [3.8, 4) is 0 Å². The van der Waals surface area contributed by atoms with Gasteiger partial charge in [0.2, 0.25) is 0 Å². The first-order valence-corrected chi connectivity index (χ1v) is 11.9. The van der Waals surface area contributed by atoms with E-state index >= 15 is 0 Å². The van der Waals surface area contributed by atoms with E-state index < -0.39 is 32.2 Å². The molecule has 0 saturated carbocycles. The molecule has 0 spiro atoms. The van der Waals surface area contributed by atoms with Gasteiger partial charge in [0.15, 0.2) is 0 Å². The minimum atomic E-state index is -5.17. The van der Waals surface area contributed by atoms with Crippen LogP contribution in [0.1, 0.15) is 0 Å². The summed E-state index contributed by atoms with van der Waals surface area (Å²) in [6.45, 7) is 0. The molecular weight excluding hydrogens is 420 g/mol. The summed E-state index contributed by atoms with van der Waals surface area (Å²) >= 11 is -0.972. The van der Waals surface area contributed by atoms with Crippen LogP contribution in [0.25, 0.3) is 0 Å². The summed E-state index contributed by atoms with van der Waals surface area (Å²) in [5.41, 5.74) is 0. The maximum atomic E-state index is 8.52. The van der Waals surface area contributed by atoms with Gasteiger partial charge in [0, 0.05) is 10.4 Å². The van der Waals surface area contributed by atoms with Crippen LogP contribution < -0.4 is 59.1 Å². The molecule has 0 aromatic heterocycles. The van der Waals surface area contributed by atoms with Gasteiger partial charge in [0.25, 0.3) is 0 Å². The zero-order valence-electron chi connectivity index (χ0n) is 5.30. The Labute approximate surface area is 123 Å². The van der Waals surface area contributed by atoms with E-state index in [4.69, 9.17) is 34.2 Å². The second kappa shape index (κ2) is 14.9. The molecular formula is Cl2Na2O4PbS. The van der Waals surface area contributed by atoms with Crippen molar-refractivity contribution in [2.45, 2.75) is 0 Å². The first-order chi connectivity index (χ1) is 3.41. The Morgan fingerprint density at radius 2 is 1.10 bits per heavy atom. The van der Waals surface area contributed by atoms with E-state index in [9.17, 15) is 0 Å². The van der Waals surface area contributed by atoms with Gasteiger partial charge < -0.3 is 9.11 Å². The molecule has 10 heteroatoms. The molecule has 0 aliphatic heterocycles. The van der Waals surface area contributed by atoms with Gasteiger partial charge in [0.05, 0.1) is 0 Å². The van der Waals surface area contributed by atoms with Gasteiger partial charge in [-0.3, -0.25) is 8.42 Å². The summed E-state index contributed by atoms with van der Waals surface area (Å²) in [5.74, 6) is 0. The quantitative estimate of drug-likeness (QED) is 0.222. The van der Waals surface area contributed by atoms with Crippen molar-refractivity contribution >= 4 is 48.8 Å². The Hall–Kier alpha value is 3.37. The van der Waals surface area contributed by atoms with Crippen LogP contribution in [0.5, 0.6) is 0 Å². The van der Waals surface area contributed by atoms with Crippen molar-refractivity contribution in [2.24, 2.45) is 0 Å². The van der Waals surface area contributed by atoms with Gasteiger partial charge in [-0.2, -0.15) is 0 Å². The van der Waals surface area contributed by atoms with Crippen LogP contribution >= 0.6 is 16.6 Å². The molecule has 0 aromatic carbocycles. The summed E-state index contributed by atoms with van der Waals surface area (Å²) in [6, 6.07) is 0. The molecule has 0 heterocycles. The summed E-state index contributed by atoms with van der Waals surface area (Å²) in [6.07, 6.45) is 0. The molecule has 0 fully saturated rings. The monoisotopic (exact) mass is 420 g/mol. The molecule has 0 aliphatic rings. The number of halogens is 2. The average molecular weight is 420 g/mol. The maximum Gasteiger partial charge on any atom is 1.00 e. The third-order valence-corrected chi connectivity index (χ3v) is 0. The number of hydrogen-bond donors (Lipinski definition) is 0. The Morgan fingerprint density at radius 1 is 1.10 bits per heavy atom. The first kappa shape index (κ1) is 23.3. The first-order valence-electron chi connectivity index (χ1n) is 1.04. The van der Waals surface area contributed by atoms with E-state index in [1.807, 2.05) is 0 Å². The van der Waals surface area contributed by atoms with Gasteiger partial charge in [-0.05, 0) is 0 Å². The fraction of sp³-hybridized carbons (Fsp3) is 0. The maximum absolute atomic E-state index is 8.52. The van der Waals surface area contributed by atoms with Crippen LogP contribution in [0.4, 0.5) is 0 Å². The van der Waals surface area contributed by atoms with E-state index in [2.05, 4.69) is 0 Å². The molecule has 10 heavy (non-hydrogen) atoms. The van der Waals surface area contributed by atoms with Crippen LogP contribution in [0.3, 0.4) is 0 Å². The predicted octanol–water partition coefficient (Wildman–Crippen LogP) is -6.33. The summed E-state index contributed by atoms with van der Waals surface area (Å²) in [7, 11) is 4.75. The number of hydrogen-bond acceptors (Lipinski definition) is 4. The number of rotatable bonds is 0. The average Bonchev–Trinajstić information content (AvgIpc) is 1.27. The van der Waals surface area contributed by atoms with Crippen molar-refractivity contribution in [2.75, 3.05) is 0 Å². The molecule has 0 amide bonds. The Bertz CT molecular complexity index is 115. The third-order valence-electron chi connectivity index (χ3n) is 0. The zero-order valence-corrected chi connectivity index (χ0v) is 15.5. The zero-order chi connectivity index (χ0) is 7.21. The molecule has 0 atom stereocenters. The summed E-state index contributed by atoms with van der Waals surface area (Å²) < 4.78 is 34.1. The topological polar surface area (TPSA) is 80.3 Å². The van der Waals surface area contributed by atoms with E-state index in [-0.39, 0.29) is 59.1 Å². The van der Waals surface area contributed by atoms with Crippen LogP contribution in [-0.4, -0.2) is 39.3 Å². The third kappa shape index (κ3) is 108. The van der Waals surface area contributed by atoms with Gasteiger partial charge in [-0.15, -0.1) is 0 Å². The Balaban J connectivity index is -0.0000000326. The van der Waals surface area contributed by atoms with Crippen molar-refractivity contribution in [3.05, 3.63) is 0 Å². The molecule has 0 saturated heterocycles. The fourth-order valence-electron chi connectivity index (χ4n) is 0. The largest absolute Gasteiger partial charge is 1.00 e. The van der Waals surface area contributed by atoms with Crippen molar-refractivity contribution < 1.29 is 76.6 Å². The molecule has 0 aliphatic carbocycles. The predicted molar refractivity (Wildman–Crippen MR) is 27.9 cm³/mol. The molecule has 2 radical (unpaired) electrons. The van der Waals surface area contributed by atoms with E-state index in [1.165, 1.54) is 0 Å². The smallest absolute Gasteiger partial charge is 1.00 e. The van der Waals surface area contributed by atoms with Crippen LogP contribution in [-0.2, 0) is 10.4 Å². The van der Waals surface area contributed by atoms with Crippen molar-refractivity contribution in [1.82, 2.24) is 0 Å². The molecule has 0 N–H and O–H groups in total. The van der Waals surface area contributed by atoms with Gasteiger partial charge in [-0.25, -0.2) is 0 Å². The van der Waals surface area contributed by atoms with E-state index in [0.29, 0.717) is 0 Å². The normalized spacial score (nSPS) is 7.60. The van der Waals surface area contributed by atoms with Gasteiger partial charge in [0.1, 0.15) is 0 Å². The van der Waals surface area contributed by atoms with E-state index in [1.54, 1.807) is 0 Å². The van der Waals surface area contributed by atoms with Crippen LogP contribution in [0, 0.1) is 0 Å². The fourth-order valence-corrected chi connectivity index (χ4v) is 0. The van der Waals surface area contributed by atoms with Crippen molar-refractivity contribution in [3.63, 3.8) is 0 Å². The van der Waals surface area contributed by atoms with Crippen LogP contribution in [0.15, 0.2) is 0 Å². The second-order valence-corrected chi connectivity index (χ2v) is 6.87. The molecule has 50 valence electrons. The molecule has 0 unspecified atom stereocenters. The van der Waals surface area contributed by atoms with Crippen LogP contribution in [0.2, 0.25) is 0 Å². The minimum Gasteiger partial charge on any atom is 1.00 e. The SMILES string of the molecule is O=S(=O)([O-])[O-].[Cl][Pb][Cl].[Na+].[Na+]. The molecule has 0 rings (SSSR count). The van der Waals surface area contributed by atoms with E-state index in [0.717, 1.165) is 0 Å².